The molecule has 0 amide bonds. The van der Waals surface area contributed by atoms with Gasteiger partial charge in [0.15, 0.2) is 0 Å². The number of fused-ring (bicyclic) bond motifs is 1. The molecule has 1 saturated carbocycles. The number of hydrogen-bond acceptors (Lipinski definition) is 4. The highest BCUT2D eigenvalue weighted by molar-refractivity contribution is 6.06. The van der Waals surface area contributed by atoms with Crippen LogP contribution in [0.15, 0.2) is 5.16 Å². The topological polar surface area (TPSA) is 62.1 Å². The number of phenolic OH excluding ortho intramolecular Hbond substituents is 1. The third-order valence-electron chi connectivity index (χ3n) is 4.70. The molecular weight excluding hydrogens is 242 g/mol. The normalized spacial score (nSPS) is 21.9. The van der Waals surface area contributed by atoms with Crippen molar-refractivity contribution in [1.29, 1.82) is 0 Å². The fourth-order valence-electron chi connectivity index (χ4n) is 3.16. The highest BCUT2D eigenvalue weighted by Gasteiger charge is 2.46. The Kier molecular flexibility index (Phi) is 2.52. The number of phenols is 1. The smallest absolute Gasteiger partial charge is 0.133 e. The number of nitrogens with zero attached hydrogens (tertiary/aromatic N) is 1. The highest BCUT2D eigenvalue weighted by atomic mass is 16.5. The van der Waals surface area contributed by atoms with Gasteiger partial charge in [-0.2, -0.15) is 0 Å². The number of benzene rings is 1. The lowest BCUT2D eigenvalue weighted by atomic mass is 9.73. The molecule has 4 heteroatoms. The molecule has 0 aromatic heterocycles. The van der Waals surface area contributed by atoms with Crippen molar-refractivity contribution in [3.63, 3.8) is 0 Å². The fraction of sp³-hybridized carbons (Fsp3) is 0.533. The molecule has 3 rings (SSSR count). The fourth-order valence-corrected chi connectivity index (χ4v) is 3.16. The summed E-state index contributed by atoms with van der Waals surface area (Å²) in [6.07, 6.45) is 3.79. The number of rotatable bonds is 0. The zero-order valence-electron chi connectivity index (χ0n) is 11.6. The van der Waals surface area contributed by atoms with Crippen LogP contribution in [0.2, 0.25) is 0 Å². The van der Waals surface area contributed by atoms with Gasteiger partial charge in [-0.15, -0.1) is 0 Å². The lowest BCUT2D eigenvalue weighted by Crippen LogP contribution is -2.48. The Bertz CT molecular complexity index is 586. The molecule has 4 nitrogen and oxygen atoms in total. The van der Waals surface area contributed by atoms with Crippen LogP contribution in [0.1, 0.15) is 47.9 Å². The van der Waals surface area contributed by atoms with E-state index < -0.39 is 0 Å². The van der Waals surface area contributed by atoms with Gasteiger partial charge in [0.2, 0.25) is 0 Å². The molecular formula is C15H19NO3. The predicted octanol–water partition coefficient (Wildman–Crippen LogP) is 3.20. The van der Waals surface area contributed by atoms with E-state index in [1.165, 1.54) is 0 Å². The molecule has 1 aromatic rings. The second kappa shape index (κ2) is 3.89. The molecule has 1 heterocycles. The quantitative estimate of drug-likeness (QED) is 0.557. The summed E-state index contributed by atoms with van der Waals surface area (Å²) in [5, 5.41) is 22.9. The van der Waals surface area contributed by atoms with Gasteiger partial charge in [-0.05, 0) is 51.2 Å². The summed E-state index contributed by atoms with van der Waals surface area (Å²) in [5.74, 6) is 1.05. The van der Waals surface area contributed by atoms with Crippen LogP contribution in [-0.2, 0) is 0 Å². The maximum atomic E-state index is 10.2. The van der Waals surface area contributed by atoms with Gasteiger partial charge in [-0.1, -0.05) is 5.16 Å². The van der Waals surface area contributed by atoms with E-state index in [4.69, 9.17) is 4.74 Å². The van der Waals surface area contributed by atoms with Crippen LogP contribution in [0.3, 0.4) is 0 Å². The molecule has 1 aromatic carbocycles. The van der Waals surface area contributed by atoms with Crippen molar-refractivity contribution in [3.05, 3.63) is 22.3 Å². The van der Waals surface area contributed by atoms with Crippen molar-refractivity contribution in [1.82, 2.24) is 0 Å². The summed E-state index contributed by atoms with van der Waals surface area (Å²) in [7, 11) is 0. The molecule has 0 radical (unpaired) electrons. The van der Waals surface area contributed by atoms with Crippen LogP contribution < -0.4 is 4.74 Å². The van der Waals surface area contributed by atoms with E-state index in [0.717, 1.165) is 47.3 Å². The Labute approximate surface area is 112 Å². The first-order valence-electron chi connectivity index (χ1n) is 6.72. The van der Waals surface area contributed by atoms with Gasteiger partial charge in [0, 0.05) is 17.5 Å². The van der Waals surface area contributed by atoms with E-state index in [9.17, 15) is 10.3 Å². The van der Waals surface area contributed by atoms with Crippen molar-refractivity contribution in [2.45, 2.75) is 52.1 Å². The molecule has 2 aliphatic rings. The molecule has 102 valence electrons. The second-order valence-corrected chi connectivity index (χ2v) is 5.79. The molecule has 1 spiro atoms. The van der Waals surface area contributed by atoms with Crippen molar-refractivity contribution in [2.24, 2.45) is 5.16 Å². The third kappa shape index (κ3) is 1.55. The summed E-state index contributed by atoms with van der Waals surface area (Å²) in [6, 6.07) is 0. The number of hydrogen-bond donors (Lipinski definition) is 2. The zero-order chi connectivity index (χ0) is 13.8. The van der Waals surface area contributed by atoms with Gasteiger partial charge in [0.25, 0.3) is 0 Å². The highest BCUT2D eigenvalue weighted by Crippen LogP contribution is 2.49. The number of oxime groups is 1. The Hall–Kier alpha value is -1.71. The average Bonchev–Trinajstić information content (AvgIpc) is 2.39. The van der Waals surface area contributed by atoms with Crippen molar-refractivity contribution >= 4 is 5.71 Å². The van der Waals surface area contributed by atoms with Crippen molar-refractivity contribution < 1.29 is 15.1 Å². The molecule has 0 bridgehead atoms. The molecule has 19 heavy (non-hydrogen) atoms. The van der Waals surface area contributed by atoms with Crippen LogP contribution in [0.25, 0.3) is 0 Å². The van der Waals surface area contributed by atoms with Gasteiger partial charge >= 0.3 is 0 Å². The van der Waals surface area contributed by atoms with E-state index in [0.29, 0.717) is 12.1 Å². The van der Waals surface area contributed by atoms with Crippen LogP contribution in [0.4, 0.5) is 0 Å². The van der Waals surface area contributed by atoms with E-state index in [2.05, 4.69) is 5.16 Å². The minimum Gasteiger partial charge on any atom is -0.507 e. The number of aromatic hydroxyl groups is 1. The Balaban J connectivity index is 2.25. The molecule has 0 atom stereocenters. The minimum atomic E-state index is -0.185. The first-order chi connectivity index (χ1) is 8.99. The van der Waals surface area contributed by atoms with Gasteiger partial charge in [0.1, 0.15) is 17.1 Å². The van der Waals surface area contributed by atoms with E-state index >= 15 is 0 Å². The standard InChI is InChI=1S/C15H19NO3/c1-8-9(2)14-12(10(3)13(8)17)11(16-18)7-15(19-14)5-4-6-15/h17-18H,4-7H2,1-3H3. The first kappa shape index (κ1) is 12.3. The molecule has 2 N–H and O–H groups in total. The summed E-state index contributed by atoms with van der Waals surface area (Å²) in [5.41, 5.74) is 3.72. The molecule has 0 saturated heterocycles. The van der Waals surface area contributed by atoms with Gasteiger partial charge in [-0.25, -0.2) is 0 Å². The minimum absolute atomic E-state index is 0.185. The Morgan fingerprint density at radius 2 is 1.79 bits per heavy atom. The van der Waals surface area contributed by atoms with Crippen LogP contribution in [0.5, 0.6) is 11.5 Å². The van der Waals surface area contributed by atoms with Crippen molar-refractivity contribution in [2.75, 3.05) is 0 Å². The van der Waals surface area contributed by atoms with Crippen LogP contribution in [0, 0.1) is 20.8 Å². The largest absolute Gasteiger partial charge is 0.507 e. The number of ether oxygens (including phenoxy) is 1. The van der Waals surface area contributed by atoms with E-state index in [1.807, 2.05) is 20.8 Å². The van der Waals surface area contributed by atoms with Gasteiger partial charge in [0.05, 0.1) is 5.71 Å². The van der Waals surface area contributed by atoms with E-state index in [-0.39, 0.29) is 11.4 Å². The molecule has 1 aliphatic heterocycles. The lowest BCUT2D eigenvalue weighted by Gasteiger charge is -2.46. The zero-order valence-corrected chi connectivity index (χ0v) is 11.6. The monoisotopic (exact) mass is 261 g/mol. The second-order valence-electron chi connectivity index (χ2n) is 5.79. The summed E-state index contributed by atoms with van der Waals surface area (Å²) >= 11 is 0. The average molecular weight is 261 g/mol. The maximum absolute atomic E-state index is 10.2. The predicted molar refractivity (Wildman–Crippen MR) is 72.5 cm³/mol. The molecule has 1 aliphatic carbocycles. The van der Waals surface area contributed by atoms with Gasteiger partial charge < -0.3 is 15.1 Å². The molecule has 1 fully saturated rings. The van der Waals surface area contributed by atoms with Gasteiger partial charge in [-0.3, -0.25) is 0 Å². The van der Waals surface area contributed by atoms with Crippen LogP contribution >= 0.6 is 0 Å². The first-order valence-corrected chi connectivity index (χ1v) is 6.72. The van der Waals surface area contributed by atoms with Crippen LogP contribution in [-0.4, -0.2) is 21.6 Å². The maximum Gasteiger partial charge on any atom is 0.133 e. The summed E-state index contributed by atoms with van der Waals surface area (Å²) in [6.45, 7) is 5.67. The SMILES string of the molecule is Cc1c(C)c2c(c(C)c1O)C(=NO)CC1(CCC1)O2. The van der Waals surface area contributed by atoms with Crippen molar-refractivity contribution in [3.8, 4) is 11.5 Å². The Morgan fingerprint density at radius 3 is 2.32 bits per heavy atom. The summed E-state index contributed by atoms with van der Waals surface area (Å²) in [4.78, 5) is 0. The Morgan fingerprint density at radius 1 is 1.11 bits per heavy atom. The molecule has 0 unspecified atom stereocenters. The third-order valence-corrected chi connectivity index (χ3v) is 4.70. The van der Waals surface area contributed by atoms with E-state index in [1.54, 1.807) is 0 Å². The summed E-state index contributed by atoms with van der Waals surface area (Å²) < 4.78 is 6.23. The lowest BCUT2D eigenvalue weighted by molar-refractivity contribution is -0.00624.